The molecule has 1 aromatic heterocycles. The van der Waals surface area contributed by atoms with Gasteiger partial charge in [0.1, 0.15) is 5.38 Å². The Labute approximate surface area is 106 Å². The van der Waals surface area contributed by atoms with Crippen LogP contribution in [0.5, 0.6) is 0 Å². The second kappa shape index (κ2) is 5.69. The van der Waals surface area contributed by atoms with Crippen LogP contribution in [0.25, 0.3) is 0 Å². The van der Waals surface area contributed by atoms with Gasteiger partial charge in [-0.15, -0.1) is 16.7 Å². The van der Waals surface area contributed by atoms with Gasteiger partial charge in [-0.1, -0.05) is 5.10 Å². The number of alkyl halides is 1. The van der Waals surface area contributed by atoms with Gasteiger partial charge in [0.15, 0.2) is 0 Å². The van der Waals surface area contributed by atoms with Gasteiger partial charge in [-0.05, 0) is 32.6 Å². The van der Waals surface area contributed by atoms with Gasteiger partial charge in [0, 0.05) is 19.2 Å². The molecule has 0 aromatic carbocycles. The molecule has 1 N–H and O–H groups in total. The summed E-state index contributed by atoms with van der Waals surface area (Å²) in [5.74, 6) is 0.467. The highest BCUT2D eigenvalue weighted by atomic mass is 35.5. The Kier molecular flexibility index (Phi) is 4.23. The first-order valence-electron chi connectivity index (χ1n) is 6.07. The van der Waals surface area contributed by atoms with Gasteiger partial charge in [-0.25, -0.2) is 0 Å². The van der Waals surface area contributed by atoms with Gasteiger partial charge < -0.3 is 14.4 Å². The van der Waals surface area contributed by atoms with E-state index < -0.39 is 0 Å². The molecule has 1 aromatic rings. The standard InChI is InChI=1S/C11H18ClN3O2/c1-8(12)10-13-14-11(17-10)15-6-2-4-9(15)5-3-7-16/h8-9,16H,2-7H2,1H3. The quantitative estimate of drug-likeness (QED) is 0.821. The van der Waals surface area contributed by atoms with Crippen molar-refractivity contribution in [1.29, 1.82) is 0 Å². The lowest BCUT2D eigenvalue weighted by atomic mass is 10.1. The summed E-state index contributed by atoms with van der Waals surface area (Å²) in [4.78, 5) is 2.13. The van der Waals surface area contributed by atoms with Crippen LogP contribution in [0, 0.1) is 0 Å². The van der Waals surface area contributed by atoms with Gasteiger partial charge in [-0.3, -0.25) is 0 Å². The first kappa shape index (κ1) is 12.6. The maximum Gasteiger partial charge on any atom is 0.318 e. The molecule has 2 heterocycles. The SMILES string of the molecule is CC(Cl)c1nnc(N2CCCC2CCCO)o1. The zero-order valence-electron chi connectivity index (χ0n) is 9.97. The Bertz CT molecular complexity index is 356. The van der Waals surface area contributed by atoms with E-state index in [1.165, 1.54) is 0 Å². The van der Waals surface area contributed by atoms with Gasteiger partial charge in [0.2, 0.25) is 5.89 Å². The van der Waals surface area contributed by atoms with Crippen molar-refractivity contribution in [1.82, 2.24) is 10.2 Å². The molecule has 0 saturated carbocycles. The zero-order chi connectivity index (χ0) is 12.3. The lowest BCUT2D eigenvalue weighted by Crippen LogP contribution is -2.29. The molecule has 0 spiro atoms. The van der Waals surface area contributed by atoms with Crippen molar-refractivity contribution in [3.05, 3.63) is 5.89 Å². The molecule has 17 heavy (non-hydrogen) atoms. The van der Waals surface area contributed by atoms with Gasteiger partial charge in [0.05, 0.1) is 0 Å². The largest absolute Gasteiger partial charge is 0.406 e. The molecule has 1 aliphatic heterocycles. The number of aliphatic hydroxyl groups is 1. The second-order valence-electron chi connectivity index (χ2n) is 4.39. The molecule has 6 heteroatoms. The molecule has 2 rings (SSSR count). The second-order valence-corrected chi connectivity index (χ2v) is 5.05. The van der Waals surface area contributed by atoms with Gasteiger partial charge in [-0.2, -0.15) is 0 Å². The molecule has 1 saturated heterocycles. The first-order valence-corrected chi connectivity index (χ1v) is 6.51. The highest BCUT2D eigenvalue weighted by molar-refractivity contribution is 6.20. The van der Waals surface area contributed by atoms with Crippen LogP contribution in [0.1, 0.15) is 43.9 Å². The number of nitrogens with zero attached hydrogens (tertiary/aromatic N) is 3. The molecular formula is C11H18ClN3O2. The highest BCUT2D eigenvalue weighted by Crippen LogP contribution is 2.29. The van der Waals surface area contributed by atoms with Gasteiger partial charge in [0.25, 0.3) is 0 Å². The van der Waals surface area contributed by atoms with Crippen LogP contribution < -0.4 is 4.90 Å². The van der Waals surface area contributed by atoms with Crippen molar-refractivity contribution in [2.75, 3.05) is 18.1 Å². The minimum absolute atomic E-state index is 0.234. The number of aliphatic hydroxyl groups excluding tert-OH is 1. The number of rotatable bonds is 5. The Morgan fingerprint density at radius 3 is 3.06 bits per heavy atom. The summed E-state index contributed by atoms with van der Waals surface area (Å²) in [7, 11) is 0. The van der Waals surface area contributed by atoms with Crippen LogP contribution in [0.4, 0.5) is 6.01 Å². The van der Waals surface area contributed by atoms with E-state index in [-0.39, 0.29) is 12.0 Å². The normalized spacial score (nSPS) is 22.1. The number of anilines is 1. The van der Waals surface area contributed by atoms with E-state index in [9.17, 15) is 0 Å². The lowest BCUT2D eigenvalue weighted by molar-refractivity contribution is 0.279. The molecule has 1 fully saturated rings. The van der Waals surface area contributed by atoms with Crippen LogP contribution in [0.3, 0.4) is 0 Å². The van der Waals surface area contributed by atoms with Crippen LogP contribution in [-0.4, -0.2) is 34.5 Å². The van der Waals surface area contributed by atoms with E-state index in [4.69, 9.17) is 21.1 Å². The van der Waals surface area contributed by atoms with E-state index in [1.54, 1.807) is 0 Å². The van der Waals surface area contributed by atoms with Crippen molar-refractivity contribution in [3.8, 4) is 0 Å². The molecule has 0 amide bonds. The summed E-state index contributed by atoms with van der Waals surface area (Å²) in [6.07, 6.45) is 4.02. The van der Waals surface area contributed by atoms with Crippen LogP contribution in [0.15, 0.2) is 4.42 Å². The summed E-state index contributed by atoms with van der Waals surface area (Å²) < 4.78 is 5.55. The molecule has 2 unspecified atom stereocenters. The summed E-state index contributed by atoms with van der Waals surface area (Å²) >= 11 is 5.90. The van der Waals surface area contributed by atoms with E-state index >= 15 is 0 Å². The molecule has 96 valence electrons. The Hall–Kier alpha value is -0.810. The van der Waals surface area contributed by atoms with Gasteiger partial charge >= 0.3 is 6.01 Å². The maximum absolute atomic E-state index is 8.87. The Balaban J connectivity index is 2.03. The predicted octanol–water partition coefficient (Wildman–Crippen LogP) is 2.11. The molecule has 1 aliphatic rings. The molecule has 0 aliphatic carbocycles. The van der Waals surface area contributed by atoms with Crippen LogP contribution in [0.2, 0.25) is 0 Å². The third kappa shape index (κ3) is 2.90. The minimum Gasteiger partial charge on any atom is -0.406 e. The molecule has 0 bridgehead atoms. The highest BCUT2D eigenvalue weighted by Gasteiger charge is 2.28. The summed E-state index contributed by atoms with van der Waals surface area (Å²) in [6, 6.07) is 0.967. The van der Waals surface area contributed by atoms with Crippen molar-refractivity contribution < 1.29 is 9.52 Å². The van der Waals surface area contributed by atoms with E-state index in [1.807, 2.05) is 6.92 Å². The fourth-order valence-electron chi connectivity index (χ4n) is 2.22. The van der Waals surface area contributed by atoms with Crippen LogP contribution >= 0.6 is 11.6 Å². The molecule has 0 radical (unpaired) electrons. The average Bonchev–Trinajstić information content (AvgIpc) is 2.94. The van der Waals surface area contributed by atoms with E-state index in [2.05, 4.69) is 15.1 Å². The van der Waals surface area contributed by atoms with Crippen LogP contribution in [-0.2, 0) is 0 Å². The Morgan fingerprint density at radius 2 is 2.41 bits per heavy atom. The topological polar surface area (TPSA) is 62.4 Å². The zero-order valence-corrected chi connectivity index (χ0v) is 10.7. The number of hydrogen-bond donors (Lipinski definition) is 1. The Morgan fingerprint density at radius 1 is 1.59 bits per heavy atom. The fourth-order valence-corrected chi connectivity index (χ4v) is 2.31. The number of aromatic nitrogens is 2. The van der Waals surface area contributed by atoms with E-state index in [0.29, 0.717) is 17.9 Å². The summed E-state index contributed by atoms with van der Waals surface area (Å²) in [5.41, 5.74) is 0. The van der Waals surface area contributed by atoms with Crippen molar-refractivity contribution in [3.63, 3.8) is 0 Å². The van der Waals surface area contributed by atoms with E-state index in [0.717, 1.165) is 32.2 Å². The van der Waals surface area contributed by atoms with Crippen molar-refractivity contribution >= 4 is 17.6 Å². The average molecular weight is 260 g/mol. The third-order valence-electron chi connectivity index (χ3n) is 3.09. The van der Waals surface area contributed by atoms with Crippen molar-refractivity contribution in [2.45, 2.75) is 44.0 Å². The molecule has 5 nitrogen and oxygen atoms in total. The fraction of sp³-hybridized carbons (Fsp3) is 0.818. The molecule has 2 atom stereocenters. The van der Waals surface area contributed by atoms with Crippen molar-refractivity contribution in [2.24, 2.45) is 0 Å². The number of hydrogen-bond acceptors (Lipinski definition) is 5. The lowest BCUT2D eigenvalue weighted by Gasteiger charge is -2.21. The summed E-state index contributed by atoms with van der Waals surface area (Å²) in [5, 5.41) is 16.6. The smallest absolute Gasteiger partial charge is 0.318 e. The summed E-state index contributed by atoms with van der Waals surface area (Å²) in [6.45, 7) is 2.98. The minimum atomic E-state index is -0.255. The number of halogens is 1. The predicted molar refractivity (Wildman–Crippen MR) is 65.3 cm³/mol. The third-order valence-corrected chi connectivity index (χ3v) is 3.28. The first-order chi connectivity index (χ1) is 8.22. The molecular weight excluding hydrogens is 242 g/mol. The monoisotopic (exact) mass is 259 g/mol. The maximum atomic E-state index is 8.87.